The largest absolute Gasteiger partial charge is 0.481 e. The molecular weight excluding hydrogens is 324 g/mol. The van der Waals surface area contributed by atoms with Crippen LogP contribution in [0.15, 0.2) is 12.2 Å². The Balaban J connectivity index is -0.000000137. The second-order valence-corrected chi connectivity index (χ2v) is 4.01. The van der Waals surface area contributed by atoms with Gasteiger partial charge in [-0.1, -0.05) is 6.58 Å². The molecule has 10 nitrogen and oxygen atoms in total. The van der Waals surface area contributed by atoms with E-state index in [1.54, 1.807) is 6.92 Å². The fraction of sp³-hybridized carbons (Fsp3) is 0.571. The zero-order valence-corrected chi connectivity index (χ0v) is 14.5. The maximum Gasteiger partial charge on any atom is 0.333 e. The number of esters is 1. The molecule has 142 valence electrons. The molecule has 0 heterocycles. The van der Waals surface area contributed by atoms with E-state index in [0.29, 0.717) is 25.3 Å². The van der Waals surface area contributed by atoms with Crippen LogP contribution in [0.5, 0.6) is 0 Å². The number of rotatable bonds is 6. The molecule has 6 N–H and O–H groups in total. The van der Waals surface area contributed by atoms with Crippen molar-refractivity contribution in [1.82, 2.24) is 5.32 Å². The van der Waals surface area contributed by atoms with E-state index in [-0.39, 0.29) is 5.97 Å². The van der Waals surface area contributed by atoms with Crippen molar-refractivity contribution < 1.29 is 39.2 Å². The summed E-state index contributed by atoms with van der Waals surface area (Å²) in [6, 6.07) is 0. The highest BCUT2D eigenvalue weighted by Crippen LogP contribution is 1.90. The number of carboxylic acid groups (broad SMARTS) is 3. The van der Waals surface area contributed by atoms with Crippen molar-refractivity contribution in [1.29, 1.82) is 0 Å². The molecule has 0 fully saturated rings. The molecule has 0 aliphatic rings. The average molecular weight is 352 g/mol. The Morgan fingerprint density at radius 1 is 0.917 bits per heavy atom. The van der Waals surface area contributed by atoms with Gasteiger partial charge in [0.05, 0.1) is 0 Å². The van der Waals surface area contributed by atoms with E-state index in [1.165, 1.54) is 0 Å². The Morgan fingerprint density at radius 3 is 1.50 bits per heavy atom. The lowest BCUT2D eigenvalue weighted by molar-refractivity contribution is -0.139. The third-order valence-electron chi connectivity index (χ3n) is 1.18. The van der Waals surface area contributed by atoms with Crippen LogP contribution in [0.2, 0.25) is 0 Å². The van der Waals surface area contributed by atoms with Gasteiger partial charge in [0, 0.05) is 46.0 Å². The van der Waals surface area contributed by atoms with Gasteiger partial charge in [0.15, 0.2) is 0 Å². The van der Waals surface area contributed by atoms with Crippen LogP contribution in [0.3, 0.4) is 0 Å². The molecule has 0 saturated carbocycles. The van der Waals surface area contributed by atoms with Gasteiger partial charge >= 0.3 is 5.97 Å². The minimum Gasteiger partial charge on any atom is -0.481 e. The summed E-state index contributed by atoms with van der Waals surface area (Å²) in [5.41, 5.74) is 5.66. The van der Waals surface area contributed by atoms with E-state index in [1.807, 2.05) is 0 Å². The van der Waals surface area contributed by atoms with Gasteiger partial charge in [0.1, 0.15) is 6.61 Å². The van der Waals surface area contributed by atoms with Gasteiger partial charge in [-0.25, -0.2) is 4.79 Å². The monoisotopic (exact) mass is 352 g/mol. The zero-order valence-electron chi connectivity index (χ0n) is 14.5. The molecule has 0 aromatic heterocycles. The van der Waals surface area contributed by atoms with E-state index in [0.717, 1.165) is 27.3 Å². The van der Waals surface area contributed by atoms with Crippen molar-refractivity contribution in [3.05, 3.63) is 12.2 Å². The van der Waals surface area contributed by atoms with Crippen molar-refractivity contribution in [3.8, 4) is 0 Å². The first-order valence-electron chi connectivity index (χ1n) is 6.70. The first kappa shape index (κ1) is 29.5. The fourth-order valence-electron chi connectivity index (χ4n) is 0.566. The normalized spacial score (nSPS) is 7.88. The molecule has 0 aromatic rings. The third-order valence-corrected chi connectivity index (χ3v) is 1.18. The highest BCUT2D eigenvalue weighted by molar-refractivity contribution is 5.86. The maximum atomic E-state index is 10.8. The quantitative estimate of drug-likeness (QED) is 0.247. The molecule has 0 aliphatic carbocycles. The third kappa shape index (κ3) is 92.1. The molecule has 0 radical (unpaired) electrons. The second-order valence-electron chi connectivity index (χ2n) is 4.01. The summed E-state index contributed by atoms with van der Waals surface area (Å²) in [5, 5.41) is 25.2. The molecule has 10 heteroatoms. The molecule has 0 bridgehead atoms. The van der Waals surface area contributed by atoms with E-state index >= 15 is 0 Å². The summed E-state index contributed by atoms with van der Waals surface area (Å²) in [6.07, 6.45) is 0. The molecule has 0 unspecified atom stereocenters. The molecule has 0 aliphatic heterocycles. The Bertz CT molecular complexity index is 342. The fourth-order valence-corrected chi connectivity index (χ4v) is 0.566. The number of carbonyl (C=O) groups is 4. The molecule has 0 rings (SSSR count). The first-order valence-corrected chi connectivity index (χ1v) is 6.70. The Morgan fingerprint density at radius 2 is 1.25 bits per heavy atom. The lowest BCUT2D eigenvalue weighted by atomic mass is 10.4. The van der Waals surface area contributed by atoms with Crippen LogP contribution < -0.4 is 11.1 Å². The second kappa shape index (κ2) is 22.8. The van der Waals surface area contributed by atoms with E-state index in [9.17, 15) is 4.79 Å². The number of nitrogens with two attached hydrogens (primary N) is 1. The van der Waals surface area contributed by atoms with Crippen LogP contribution in [-0.2, 0) is 23.9 Å². The van der Waals surface area contributed by atoms with Crippen molar-refractivity contribution in [2.45, 2.75) is 27.7 Å². The standard InChI is InChI=1S/C8H16N2O2.3C2H4O2/c1-7(2)8(11)12-6-5-10-4-3-9;3*1-2(3)4/h10H,1,3-6,9H2,2H3;3*1H3,(H,3,4). The van der Waals surface area contributed by atoms with Crippen LogP contribution in [0.25, 0.3) is 0 Å². The van der Waals surface area contributed by atoms with Gasteiger partial charge < -0.3 is 31.1 Å². The van der Waals surface area contributed by atoms with E-state index in [4.69, 9.17) is 40.2 Å². The number of nitrogens with one attached hydrogen (secondary N) is 1. The molecular formula is C14H28N2O8. The van der Waals surface area contributed by atoms with Crippen molar-refractivity contribution >= 4 is 23.9 Å². The number of carbonyl (C=O) groups excluding carboxylic acids is 1. The van der Waals surface area contributed by atoms with Crippen LogP contribution in [0.4, 0.5) is 0 Å². The number of carboxylic acids is 3. The molecule has 0 aromatic carbocycles. The van der Waals surface area contributed by atoms with Crippen molar-refractivity contribution in [3.63, 3.8) is 0 Å². The highest BCUT2D eigenvalue weighted by Gasteiger charge is 2.00. The summed E-state index contributed by atoms with van der Waals surface area (Å²) < 4.78 is 4.81. The predicted molar refractivity (Wildman–Crippen MR) is 87.6 cm³/mol. The highest BCUT2D eigenvalue weighted by atomic mass is 16.5. The number of aliphatic carboxylic acids is 3. The molecule has 0 saturated heterocycles. The van der Waals surface area contributed by atoms with Gasteiger partial charge in [0.25, 0.3) is 17.9 Å². The Kier molecular flexibility index (Phi) is 28.1. The van der Waals surface area contributed by atoms with E-state index < -0.39 is 17.9 Å². The number of hydrogen-bond donors (Lipinski definition) is 5. The summed E-state index contributed by atoms with van der Waals surface area (Å²) in [4.78, 5) is 37.8. The van der Waals surface area contributed by atoms with E-state index in [2.05, 4.69) is 11.9 Å². The smallest absolute Gasteiger partial charge is 0.333 e. The van der Waals surface area contributed by atoms with Crippen LogP contribution >= 0.6 is 0 Å². The Labute approximate surface area is 141 Å². The van der Waals surface area contributed by atoms with Gasteiger partial charge in [-0.3, -0.25) is 14.4 Å². The van der Waals surface area contributed by atoms with Gasteiger partial charge in [-0.2, -0.15) is 0 Å². The van der Waals surface area contributed by atoms with Crippen LogP contribution in [-0.4, -0.2) is 65.4 Å². The molecule has 0 spiro atoms. The lowest BCUT2D eigenvalue weighted by Crippen LogP contribution is -2.26. The first-order chi connectivity index (χ1) is 10.9. The van der Waals surface area contributed by atoms with Gasteiger partial charge in [-0.05, 0) is 6.92 Å². The summed E-state index contributed by atoms with van der Waals surface area (Å²) >= 11 is 0. The molecule has 24 heavy (non-hydrogen) atoms. The molecule has 0 atom stereocenters. The summed E-state index contributed by atoms with van der Waals surface area (Å²) in [6.45, 7) is 10.7. The number of hydrogen-bond acceptors (Lipinski definition) is 7. The minimum atomic E-state index is -0.833. The SMILES string of the molecule is C=C(C)C(=O)OCCNCCN.CC(=O)O.CC(=O)O.CC(=O)O. The van der Waals surface area contributed by atoms with Gasteiger partial charge in [0.2, 0.25) is 0 Å². The van der Waals surface area contributed by atoms with Crippen molar-refractivity contribution in [2.75, 3.05) is 26.2 Å². The number of ether oxygens (including phenoxy) is 1. The maximum absolute atomic E-state index is 10.8. The molecule has 0 amide bonds. The topological polar surface area (TPSA) is 176 Å². The Hall–Kier alpha value is -2.46. The van der Waals surface area contributed by atoms with Crippen LogP contribution in [0.1, 0.15) is 27.7 Å². The summed E-state index contributed by atoms with van der Waals surface area (Å²) in [5.74, 6) is -2.84. The average Bonchev–Trinajstić information content (AvgIpc) is 2.36. The lowest BCUT2D eigenvalue weighted by Gasteiger charge is -2.04. The van der Waals surface area contributed by atoms with Crippen LogP contribution in [0, 0.1) is 0 Å². The van der Waals surface area contributed by atoms with Gasteiger partial charge in [-0.15, -0.1) is 0 Å². The predicted octanol–water partition coefficient (Wildman–Crippen LogP) is -0.0733. The minimum absolute atomic E-state index is 0.343. The van der Waals surface area contributed by atoms with Crippen molar-refractivity contribution in [2.24, 2.45) is 5.73 Å². The summed E-state index contributed by atoms with van der Waals surface area (Å²) in [7, 11) is 0. The zero-order chi connectivity index (χ0) is 20.1.